The molecule has 0 spiro atoms. The van der Waals surface area contributed by atoms with Crippen LogP contribution >= 0.6 is 27.5 Å². The smallest absolute Gasteiger partial charge is 0.252 e. The number of carbonyl (C=O) groups is 1. The highest BCUT2D eigenvalue weighted by Crippen LogP contribution is 2.31. The third-order valence-electron chi connectivity index (χ3n) is 3.37. The summed E-state index contributed by atoms with van der Waals surface area (Å²) in [6, 6.07) is 4.05. The second-order valence-electron chi connectivity index (χ2n) is 4.70. The van der Waals surface area contributed by atoms with E-state index in [1.165, 1.54) is 18.2 Å². The quantitative estimate of drug-likeness (QED) is 0.835. The van der Waals surface area contributed by atoms with E-state index < -0.39 is 0 Å². The van der Waals surface area contributed by atoms with Crippen LogP contribution in [0.2, 0.25) is 0 Å². The molecule has 1 saturated carbocycles. The summed E-state index contributed by atoms with van der Waals surface area (Å²) in [5, 5.41) is 3.00. The summed E-state index contributed by atoms with van der Waals surface area (Å²) >= 11 is 9.18. The molecule has 0 aromatic heterocycles. The van der Waals surface area contributed by atoms with E-state index >= 15 is 0 Å². The molecule has 1 N–H and O–H groups in total. The zero-order chi connectivity index (χ0) is 13.2. The molecule has 2 rings (SSSR count). The second kappa shape index (κ2) is 5.57. The SMILES string of the molecule is O=C(NC1(CCl)CCCC1)c1ccc(F)cc1Br. The number of nitrogens with one attached hydrogen (secondary N) is 1. The standard InChI is InChI=1S/C13H14BrClFNO/c14-11-7-9(16)3-4-10(11)12(18)17-13(8-15)5-1-2-6-13/h3-4,7H,1-2,5-6,8H2,(H,17,18). The van der Waals surface area contributed by atoms with Crippen molar-refractivity contribution in [1.29, 1.82) is 0 Å². The zero-order valence-electron chi connectivity index (χ0n) is 9.81. The average molecular weight is 335 g/mol. The van der Waals surface area contributed by atoms with Gasteiger partial charge < -0.3 is 5.32 Å². The van der Waals surface area contributed by atoms with Crippen molar-refractivity contribution >= 4 is 33.4 Å². The van der Waals surface area contributed by atoms with Gasteiger partial charge in [-0.3, -0.25) is 4.79 Å². The maximum Gasteiger partial charge on any atom is 0.252 e. The minimum absolute atomic E-state index is 0.204. The predicted molar refractivity (Wildman–Crippen MR) is 73.5 cm³/mol. The van der Waals surface area contributed by atoms with Crippen LogP contribution in [0.3, 0.4) is 0 Å². The lowest BCUT2D eigenvalue weighted by Crippen LogP contribution is -2.48. The summed E-state index contributed by atoms with van der Waals surface area (Å²) in [6.07, 6.45) is 3.97. The molecule has 1 aliphatic rings. The predicted octanol–water partition coefficient (Wildman–Crippen LogP) is 3.87. The first-order valence-corrected chi connectivity index (χ1v) is 7.23. The van der Waals surface area contributed by atoms with E-state index in [-0.39, 0.29) is 17.3 Å². The van der Waals surface area contributed by atoms with Gasteiger partial charge in [-0.15, -0.1) is 11.6 Å². The fourth-order valence-electron chi connectivity index (χ4n) is 2.33. The van der Waals surface area contributed by atoms with Crippen LogP contribution in [0.25, 0.3) is 0 Å². The molecule has 0 bridgehead atoms. The van der Waals surface area contributed by atoms with Gasteiger partial charge in [0.05, 0.1) is 11.1 Å². The minimum Gasteiger partial charge on any atom is -0.345 e. The molecule has 1 aromatic rings. The summed E-state index contributed by atoms with van der Waals surface area (Å²) in [6.45, 7) is 0. The maximum atomic E-state index is 13.0. The van der Waals surface area contributed by atoms with Crippen molar-refractivity contribution in [3.05, 3.63) is 34.1 Å². The van der Waals surface area contributed by atoms with Gasteiger partial charge in [-0.1, -0.05) is 12.8 Å². The first kappa shape index (κ1) is 13.8. The Morgan fingerprint density at radius 3 is 2.67 bits per heavy atom. The molecule has 1 amide bonds. The van der Waals surface area contributed by atoms with E-state index in [0.29, 0.717) is 15.9 Å². The van der Waals surface area contributed by atoms with Gasteiger partial charge >= 0.3 is 0 Å². The van der Waals surface area contributed by atoms with E-state index in [9.17, 15) is 9.18 Å². The average Bonchev–Trinajstić information content (AvgIpc) is 2.78. The molecule has 0 unspecified atom stereocenters. The summed E-state index contributed by atoms with van der Waals surface area (Å²) in [7, 11) is 0. The summed E-state index contributed by atoms with van der Waals surface area (Å²) in [5.74, 6) is -0.159. The van der Waals surface area contributed by atoms with Crippen molar-refractivity contribution in [2.24, 2.45) is 0 Å². The number of carbonyl (C=O) groups excluding carboxylic acids is 1. The van der Waals surface area contributed by atoms with Gasteiger partial charge in [0.15, 0.2) is 0 Å². The highest BCUT2D eigenvalue weighted by atomic mass is 79.9. The first-order valence-electron chi connectivity index (χ1n) is 5.90. The number of hydrogen-bond acceptors (Lipinski definition) is 1. The van der Waals surface area contributed by atoms with Crippen molar-refractivity contribution in [3.63, 3.8) is 0 Å². The lowest BCUT2D eigenvalue weighted by Gasteiger charge is -2.28. The molecule has 0 heterocycles. The Morgan fingerprint density at radius 2 is 2.11 bits per heavy atom. The Morgan fingerprint density at radius 1 is 1.44 bits per heavy atom. The van der Waals surface area contributed by atoms with Gasteiger partial charge in [-0.25, -0.2) is 4.39 Å². The van der Waals surface area contributed by atoms with Gasteiger partial charge in [0, 0.05) is 10.4 Å². The Kier molecular flexibility index (Phi) is 4.28. The molecule has 98 valence electrons. The summed E-state index contributed by atoms with van der Waals surface area (Å²) in [5.41, 5.74) is 0.139. The molecule has 5 heteroatoms. The number of hydrogen-bond donors (Lipinski definition) is 1. The fourth-order valence-corrected chi connectivity index (χ4v) is 3.19. The van der Waals surface area contributed by atoms with Crippen LogP contribution in [0.5, 0.6) is 0 Å². The topological polar surface area (TPSA) is 29.1 Å². The Balaban J connectivity index is 2.16. The molecular weight excluding hydrogens is 321 g/mol. The van der Waals surface area contributed by atoms with Gasteiger partial charge in [-0.05, 0) is 47.0 Å². The molecule has 1 aliphatic carbocycles. The lowest BCUT2D eigenvalue weighted by atomic mass is 9.99. The number of alkyl halides is 1. The van der Waals surface area contributed by atoms with Gasteiger partial charge in [0.25, 0.3) is 5.91 Å². The Hall–Kier alpha value is -0.610. The third-order valence-corrected chi connectivity index (χ3v) is 4.54. The van der Waals surface area contributed by atoms with Crippen LogP contribution < -0.4 is 5.32 Å². The third kappa shape index (κ3) is 2.86. The monoisotopic (exact) mass is 333 g/mol. The van der Waals surface area contributed by atoms with E-state index in [0.717, 1.165) is 25.7 Å². The van der Waals surface area contributed by atoms with Gasteiger partial charge in [0.2, 0.25) is 0 Å². The van der Waals surface area contributed by atoms with E-state index in [2.05, 4.69) is 21.2 Å². The molecule has 18 heavy (non-hydrogen) atoms. The number of amides is 1. The van der Waals surface area contributed by atoms with Crippen molar-refractivity contribution in [3.8, 4) is 0 Å². The molecule has 1 aromatic carbocycles. The first-order chi connectivity index (χ1) is 8.56. The molecule has 0 saturated heterocycles. The van der Waals surface area contributed by atoms with Crippen LogP contribution in [-0.2, 0) is 0 Å². The van der Waals surface area contributed by atoms with Crippen molar-refractivity contribution in [1.82, 2.24) is 5.32 Å². The second-order valence-corrected chi connectivity index (χ2v) is 5.82. The number of rotatable bonds is 3. The van der Waals surface area contributed by atoms with Crippen LogP contribution in [-0.4, -0.2) is 17.3 Å². The molecule has 0 radical (unpaired) electrons. The maximum absolute atomic E-state index is 13.0. The highest BCUT2D eigenvalue weighted by Gasteiger charge is 2.34. The molecule has 0 aliphatic heterocycles. The fraction of sp³-hybridized carbons (Fsp3) is 0.462. The molecule has 2 nitrogen and oxygen atoms in total. The van der Waals surface area contributed by atoms with Crippen LogP contribution in [0.15, 0.2) is 22.7 Å². The van der Waals surface area contributed by atoms with Crippen molar-refractivity contribution in [2.45, 2.75) is 31.2 Å². The Labute approximate surface area is 119 Å². The van der Waals surface area contributed by atoms with Crippen LogP contribution in [0.4, 0.5) is 4.39 Å². The van der Waals surface area contributed by atoms with Crippen LogP contribution in [0.1, 0.15) is 36.0 Å². The number of halogens is 3. The van der Waals surface area contributed by atoms with Crippen LogP contribution in [0, 0.1) is 5.82 Å². The molecule has 0 atom stereocenters. The van der Waals surface area contributed by atoms with E-state index in [1.807, 2.05) is 0 Å². The molecular formula is C13H14BrClFNO. The summed E-state index contributed by atoms with van der Waals surface area (Å²) < 4.78 is 13.4. The highest BCUT2D eigenvalue weighted by molar-refractivity contribution is 9.10. The normalized spacial score (nSPS) is 17.7. The largest absolute Gasteiger partial charge is 0.345 e. The Bertz CT molecular complexity index is 460. The van der Waals surface area contributed by atoms with Crippen molar-refractivity contribution < 1.29 is 9.18 Å². The van der Waals surface area contributed by atoms with E-state index in [1.54, 1.807) is 0 Å². The zero-order valence-corrected chi connectivity index (χ0v) is 12.2. The summed E-state index contributed by atoms with van der Waals surface area (Å²) in [4.78, 5) is 12.2. The number of benzene rings is 1. The van der Waals surface area contributed by atoms with Crippen molar-refractivity contribution in [2.75, 3.05) is 5.88 Å². The minimum atomic E-state index is -0.369. The lowest BCUT2D eigenvalue weighted by molar-refractivity contribution is 0.0908. The van der Waals surface area contributed by atoms with Gasteiger partial charge in [-0.2, -0.15) is 0 Å². The van der Waals surface area contributed by atoms with E-state index in [4.69, 9.17) is 11.6 Å². The van der Waals surface area contributed by atoms with Gasteiger partial charge in [0.1, 0.15) is 5.82 Å². The molecule has 1 fully saturated rings.